The first kappa shape index (κ1) is 37.8. The highest BCUT2D eigenvalue weighted by Crippen LogP contribution is 2.43. The zero-order chi connectivity index (χ0) is 34.2. The van der Waals surface area contributed by atoms with E-state index in [1.54, 1.807) is 20.8 Å². The molecule has 0 unspecified atom stereocenters. The van der Waals surface area contributed by atoms with Crippen LogP contribution in [0.4, 0.5) is 0 Å². The van der Waals surface area contributed by atoms with Crippen LogP contribution in [0.25, 0.3) is 0 Å². The van der Waals surface area contributed by atoms with E-state index in [-0.39, 0.29) is 88.5 Å². The molecule has 1 aromatic carbocycles. The van der Waals surface area contributed by atoms with Crippen LogP contribution in [0.5, 0.6) is 11.5 Å². The van der Waals surface area contributed by atoms with Gasteiger partial charge < -0.3 is 33.2 Å². The number of methoxy groups -OCH3 is 2. The lowest BCUT2D eigenvalue weighted by molar-refractivity contribution is -0.166. The quantitative estimate of drug-likeness (QED) is 0.0681. The van der Waals surface area contributed by atoms with E-state index in [9.17, 15) is 28.8 Å². The molecule has 1 aliphatic heterocycles. The minimum absolute atomic E-state index is 0.0214. The summed E-state index contributed by atoms with van der Waals surface area (Å²) in [4.78, 5) is 72.7. The molecule has 0 saturated carbocycles. The predicted octanol–water partition coefficient (Wildman–Crippen LogP) is 4.40. The Hall–Kier alpha value is -4.42. The molecular formula is C33H44O13. The van der Waals surface area contributed by atoms with Gasteiger partial charge in [0, 0.05) is 43.2 Å². The summed E-state index contributed by atoms with van der Waals surface area (Å²) in [5.41, 5.74) is 2.83. The number of allylic oxidation sites excluding steroid dienone is 2. The summed E-state index contributed by atoms with van der Waals surface area (Å²) >= 11 is 0. The number of hydrogen-bond donors (Lipinski definition) is 0. The van der Waals surface area contributed by atoms with Crippen LogP contribution in [0.15, 0.2) is 11.6 Å². The Morgan fingerprint density at radius 2 is 1.43 bits per heavy atom. The molecule has 0 amide bonds. The number of esters is 6. The Labute approximate surface area is 268 Å². The zero-order valence-corrected chi connectivity index (χ0v) is 27.4. The van der Waals surface area contributed by atoms with Crippen LogP contribution in [0.1, 0.15) is 99.2 Å². The second kappa shape index (κ2) is 19.2. The maximum atomic E-state index is 13.0. The molecule has 13 nitrogen and oxygen atoms in total. The Morgan fingerprint density at radius 1 is 0.826 bits per heavy atom. The predicted molar refractivity (Wildman–Crippen MR) is 162 cm³/mol. The standard InChI is InChI=1S/C33H44O13/c1-7-25(34)42-17-22(18-43-26(35)8-2)45-28(37)11-9-10-12-29(38)46-32-23(15-13-20(3)14-16-27(36)40-5)31(41-6)21(4)24-19-44-33(39)30(24)32/h13,22H,7-12,14-19H2,1-6H3/b20-13+. The number of fused-ring (bicyclic) bond motifs is 1. The van der Waals surface area contributed by atoms with E-state index >= 15 is 0 Å². The van der Waals surface area contributed by atoms with Gasteiger partial charge in [0.1, 0.15) is 31.1 Å². The molecule has 0 fully saturated rings. The van der Waals surface area contributed by atoms with E-state index in [2.05, 4.69) is 0 Å². The van der Waals surface area contributed by atoms with E-state index in [0.717, 1.165) is 5.57 Å². The molecule has 2 rings (SSSR count). The number of benzene rings is 1. The number of carbonyl (C=O) groups excluding carboxylic acids is 6. The van der Waals surface area contributed by atoms with Crippen LogP contribution in [0, 0.1) is 6.92 Å². The van der Waals surface area contributed by atoms with Crippen molar-refractivity contribution in [3.63, 3.8) is 0 Å². The highest BCUT2D eigenvalue weighted by Gasteiger charge is 2.34. The Balaban J connectivity index is 2.08. The highest BCUT2D eigenvalue weighted by atomic mass is 16.6. The molecule has 0 aromatic heterocycles. The van der Waals surface area contributed by atoms with Gasteiger partial charge in [-0.2, -0.15) is 0 Å². The first-order valence-electron chi connectivity index (χ1n) is 15.3. The van der Waals surface area contributed by atoms with Crippen molar-refractivity contribution in [2.45, 2.75) is 98.2 Å². The summed E-state index contributed by atoms with van der Waals surface area (Å²) in [6.07, 6.45) is 2.55. The van der Waals surface area contributed by atoms with Crippen molar-refractivity contribution in [1.29, 1.82) is 0 Å². The average Bonchev–Trinajstić information content (AvgIpc) is 3.44. The van der Waals surface area contributed by atoms with Crippen LogP contribution < -0.4 is 9.47 Å². The van der Waals surface area contributed by atoms with Crippen LogP contribution >= 0.6 is 0 Å². The van der Waals surface area contributed by atoms with Gasteiger partial charge in [0.25, 0.3) is 0 Å². The largest absolute Gasteiger partial charge is 0.496 e. The Morgan fingerprint density at radius 3 is 2.00 bits per heavy atom. The van der Waals surface area contributed by atoms with Crippen molar-refractivity contribution in [3.8, 4) is 11.5 Å². The zero-order valence-electron chi connectivity index (χ0n) is 27.4. The first-order valence-corrected chi connectivity index (χ1v) is 15.3. The van der Waals surface area contributed by atoms with E-state index in [1.807, 2.05) is 13.0 Å². The molecule has 254 valence electrons. The van der Waals surface area contributed by atoms with Gasteiger partial charge in [0.2, 0.25) is 0 Å². The number of rotatable bonds is 19. The fraction of sp³-hybridized carbons (Fsp3) is 0.576. The third-order valence-electron chi connectivity index (χ3n) is 7.20. The minimum atomic E-state index is -0.960. The molecule has 1 aliphatic rings. The second-order valence-corrected chi connectivity index (χ2v) is 10.6. The van der Waals surface area contributed by atoms with E-state index in [4.69, 9.17) is 33.2 Å². The van der Waals surface area contributed by atoms with Crippen molar-refractivity contribution >= 4 is 35.8 Å². The van der Waals surface area contributed by atoms with Crippen molar-refractivity contribution in [1.82, 2.24) is 0 Å². The number of unbranched alkanes of at least 4 members (excludes halogenated alkanes) is 1. The third-order valence-corrected chi connectivity index (χ3v) is 7.20. The molecule has 0 spiro atoms. The van der Waals surface area contributed by atoms with Gasteiger partial charge in [-0.1, -0.05) is 25.5 Å². The van der Waals surface area contributed by atoms with Crippen molar-refractivity contribution < 1.29 is 61.9 Å². The maximum absolute atomic E-state index is 13.0. The SMILES string of the molecule is CCC(=O)OCC(COC(=O)CC)OC(=O)CCCCC(=O)Oc1c(C/C=C(\C)CCC(=O)OC)c(OC)c(C)c2c1C(=O)OC2. The molecular weight excluding hydrogens is 604 g/mol. The lowest BCUT2D eigenvalue weighted by atomic mass is 9.94. The lowest BCUT2D eigenvalue weighted by Gasteiger charge is -2.19. The Bertz CT molecular complexity index is 1290. The molecule has 0 N–H and O–H groups in total. The maximum Gasteiger partial charge on any atom is 0.342 e. The smallest absolute Gasteiger partial charge is 0.342 e. The fourth-order valence-corrected chi connectivity index (χ4v) is 4.54. The van der Waals surface area contributed by atoms with E-state index in [0.29, 0.717) is 28.9 Å². The summed E-state index contributed by atoms with van der Waals surface area (Å²) in [5, 5.41) is 0. The lowest BCUT2D eigenvalue weighted by Crippen LogP contribution is -2.30. The van der Waals surface area contributed by atoms with Crippen molar-refractivity contribution in [2.75, 3.05) is 27.4 Å². The van der Waals surface area contributed by atoms with Crippen molar-refractivity contribution in [2.24, 2.45) is 0 Å². The number of ether oxygens (including phenoxy) is 7. The molecule has 0 atom stereocenters. The van der Waals surface area contributed by atoms with Gasteiger partial charge >= 0.3 is 35.8 Å². The van der Waals surface area contributed by atoms with Gasteiger partial charge in [-0.3, -0.25) is 24.0 Å². The second-order valence-electron chi connectivity index (χ2n) is 10.6. The van der Waals surface area contributed by atoms with Crippen LogP contribution in [0.3, 0.4) is 0 Å². The van der Waals surface area contributed by atoms with Gasteiger partial charge in [-0.25, -0.2) is 4.79 Å². The van der Waals surface area contributed by atoms with Gasteiger partial charge in [-0.15, -0.1) is 0 Å². The molecule has 0 radical (unpaired) electrons. The number of carbonyl (C=O) groups is 6. The summed E-state index contributed by atoms with van der Waals surface area (Å²) in [7, 11) is 2.81. The van der Waals surface area contributed by atoms with Crippen molar-refractivity contribution in [3.05, 3.63) is 33.9 Å². The van der Waals surface area contributed by atoms with Crippen LogP contribution in [0.2, 0.25) is 0 Å². The molecule has 1 aromatic rings. The van der Waals surface area contributed by atoms with Crippen LogP contribution in [-0.4, -0.2) is 69.4 Å². The average molecular weight is 649 g/mol. The summed E-state index contributed by atoms with van der Waals surface area (Å²) < 4.78 is 36.8. The molecule has 0 saturated heterocycles. The molecule has 0 bridgehead atoms. The van der Waals surface area contributed by atoms with Gasteiger partial charge in [-0.05, 0) is 45.1 Å². The normalized spacial score (nSPS) is 12.2. The first-order chi connectivity index (χ1) is 21.9. The monoisotopic (exact) mass is 648 g/mol. The topological polar surface area (TPSA) is 167 Å². The molecule has 46 heavy (non-hydrogen) atoms. The Kier molecular flexibility index (Phi) is 15.7. The summed E-state index contributed by atoms with van der Waals surface area (Å²) in [5.74, 6) is -2.62. The number of hydrogen-bond acceptors (Lipinski definition) is 13. The number of cyclic esters (lactones) is 1. The summed E-state index contributed by atoms with van der Waals surface area (Å²) in [6.45, 7) is 6.41. The highest BCUT2D eigenvalue weighted by molar-refractivity contribution is 5.99. The summed E-state index contributed by atoms with van der Waals surface area (Å²) in [6, 6.07) is 0. The molecule has 13 heteroatoms. The van der Waals surface area contributed by atoms with Crippen LogP contribution in [-0.2, 0) is 60.7 Å². The van der Waals surface area contributed by atoms with Gasteiger partial charge in [0.05, 0.1) is 14.2 Å². The van der Waals surface area contributed by atoms with E-state index < -0.39 is 36.0 Å². The van der Waals surface area contributed by atoms with Gasteiger partial charge in [0.15, 0.2) is 11.9 Å². The minimum Gasteiger partial charge on any atom is -0.496 e. The molecule has 0 aliphatic carbocycles. The molecule has 1 heterocycles. The third kappa shape index (κ3) is 11.5. The van der Waals surface area contributed by atoms with E-state index in [1.165, 1.54) is 14.2 Å². The fourth-order valence-electron chi connectivity index (χ4n) is 4.54.